The molecule has 0 fully saturated rings. The summed E-state index contributed by atoms with van der Waals surface area (Å²) in [6.45, 7) is 7.41. The van der Waals surface area contributed by atoms with Gasteiger partial charge in [0.2, 0.25) is 0 Å². The van der Waals surface area contributed by atoms with E-state index in [2.05, 4.69) is 31.4 Å². The quantitative estimate of drug-likeness (QED) is 0.734. The summed E-state index contributed by atoms with van der Waals surface area (Å²) >= 11 is 0. The number of urea groups is 1. The van der Waals surface area contributed by atoms with Crippen molar-refractivity contribution in [1.82, 2.24) is 0 Å². The first kappa shape index (κ1) is 12.4. The molecule has 1 rings (SSSR count). The molecule has 88 valence electrons. The average Bonchev–Trinajstić information content (AvgIpc) is 2.14. The fraction of sp³-hybridized carbons (Fsp3) is 0.417. The van der Waals surface area contributed by atoms with Crippen LogP contribution in [0.25, 0.3) is 0 Å². The Morgan fingerprint density at radius 1 is 1.19 bits per heavy atom. The molecule has 4 nitrogen and oxygen atoms in total. The number of hydrogen-bond donors (Lipinski definition) is 3. The molecule has 4 heteroatoms. The zero-order chi connectivity index (χ0) is 12.2. The lowest BCUT2D eigenvalue weighted by Crippen LogP contribution is -2.20. The van der Waals surface area contributed by atoms with E-state index in [9.17, 15) is 4.79 Å². The highest BCUT2D eigenvalue weighted by molar-refractivity contribution is 5.87. The van der Waals surface area contributed by atoms with Crippen LogP contribution in [0.15, 0.2) is 24.3 Å². The number of nitrogens with two attached hydrogens (primary N) is 1. The Hall–Kier alpha value is -1.71. The molecule has 0 saturated heterocycles. The molecule has 2 amide bonds. The van der Waals surface area contributed by atoms with Crippen LogP contribution in [0.5, 0.6) is 0 Å². The van der Waals surface area contributed by atoms with Crippen molar-refractivity contribution in [1.29, 1.82) is 0 Å². The number of carbonyl (C=O) groups excluding carboxylic acids is 1. The van der Waals surface area contributed by atoms with Crippen molar-refractivity contribution in [3.63, 3.8) is 0 Å². The lowest BCUT2D eigenvalue weighted by atomic mass is 9.97. The third kappa shape index (κ3) is 4.68. The van der Waals surface area contributed by atoms with Gasteiger partial charge < -0.3 is 16.4 Å². The van der Waals surface area contributed by atoms with Gasteiger partial charge >= 0.3 is 6.03 Å². The fourth-order valence-electron chi connectivity index (χ4n) is 1.18. The minimum atomic E-state index is -0.546. The minimum absolute atomic E-state index is 0.240. The highest BCUT2D eigenvalue weighted by atomic mass is 16.2. The van der Waals surface area contributed by atoms with E-state index in [1.54, 1.807) is 0 Å². The molecule has 1 aromatic carbocycles. The van der Waals surface area contributed by atoms with Crippen LogP contribution in [0.2, 0.25) is 0 Å². The fourth-order valence-corrected chi connectivity index (χ4v) is 1.18. The number of nitrogens with one attached hydrogen (secondary N) is 2. The molecule has 0 aliphatic rings. The van der Waals surface area contributed by atoms with Gasteiger partial charge in [0.15, 0.2) is 0 Å². The summed E-state index contributed by atoms with van der Waals surface area (Å²) in [5, 5.41) is 5.84. The van der Waals surface area contributed by atoms with Gasteiger partial charge in [-0.15, -0.1) is 0 Å². The van der Waals surface area contributed by atoms with Gasteiger partial charge in [0.25, 0.3) is 0 Å². The lowest BCUT2D eigenvalue weighted by molar-refractivity contribution is 0.259. The Morgan fingerprint density at radius 2 is 1.69 bits per heavy atom. The van der Waals surface area contributed by atoms with Gasteiger partial charge in [-0.1, -0.05) is 20.8 Å². The summed E-state index contributed by atoms with van der Waals surface area (Å²) in [5.41, 5.74) is 6.99. The summed E-state index contributed by atoms with van der Waals surface area (Å²) < 4.78 is 0. The van der Waals surface area contributed by atoms with Crippen LogP contribution in [0, 0.1) is 5.41 Å². The van der Waals surface area contributed by atoms with E-state index >= 15 is 0 Å². The molecule has 0 heterocycles. The maximum atomic E-state index is 10.6. The highest BCUT2D eigenvalue weighted by Gasteiger charge is 2.09. The molecule has 16 heavy (non-hydrogen) atoms. The van der Waals surface area contributed by atoms with Crippen molar-refractivity contribution < 1.29 is 4.79 Å². The zero-order valence-corrected chi connectivity index (χ0v) is 10.0. The summed E-state index contributed by atoms with van der Waals surface area (Å²) in [7, 11) is 0. The third-order valence-corrected chi connectivity index (χ3v) is 1.98. The van der Waals surface area contributed by atoms with Gasteiger partial charge in [0, 0.05) is 17.9 Å². The third-order valence-electron chi connectivity index (χ3n) is 1.98. The van der Waals surface area contributed by atoms with E-state index in [0.717, 1.165) is 12.2 Å². The number of amides is 2. The SMILES string of the molecule is CC(C)(C)CNc1ccc(NC(N)=O)cc1. The molecule has 0 aromatic heterocycles. The van der Waals surface area contributed by atoms with Crippen LogP contribution in [-0.4, -0.2) is 12.6 Å². The van der Waals surface area contributed by atoms with Gasteiger partial charge in [0.1, 0.15) is 0 Å². The Balaban J connectivity index is 2.55. The van der Waals surface area contributed by atoms with Gasteiger partial charge in [-0.05, 0) is 29.7 Å². The second kappa shape index (κ2) is 4.88. The van der Waals surface area contributed by atoms with Crippen molar-refractivity contribution in [2.45, 2.75) is 20.8 Å². The Labute approximate surface area is 96.2 Å². The van der Waals surface area contributed by atoms with Crippen LogP contribution < -0.4 is 16.4 Å². The van der Waals surface area contributed by atoms with Crippen LogP contribution in [0.3, 0.4) is 0 Å². The molecule has 4 N–H and O–H groups in total. The molecule has 0 aliphatic carbocycles. The summed E-state index contributed by atoms with van der Waals surface area (Å²) in [6, 6.07) is 6.91. The van der Waals surface area contributed by atoms with Crippen molar-refractivity contribution in [2.24, 2.45) is 11.1 Å². The second-order valence-electron chi connectivity index (χ2n) is 4.98. The number of carbonyl (C=O) groups is 1. The topological polar surface area (TPSA) is 67.2 Å². The molecule has 0 spiro atoms. The molecular weight excluding hydrogens is 202 g/mol. The Bertz CT molecular complexity index is 352. The first-order chi connectivity index (χ1) is 7.37. The van der Waals surface area contributed by atoms with Crippen molar-refractivity contribution >= 4 is 17.4 Å². The molecule has 0 bridgehead atoms. The van der Waals surface area contributed by atoms with Crippen LogP contribution in [0.1, 0.15) is 20.8 Å². The number of rotatable bonds is 3. The van der Waals surface area contributed by atoms with E-state index in [4.69, 9.17) is 5.73 Å². The van der Waals surface area contributed by atoms with E-state index < -0.39 is 6.03 Å². The number of benzene rings is 1. The molecule has 0 saturated carbocycles. The van der Waals surface area contributed by atoms with E-state index in [1.165, 1.54) is 0 Å². The maximum Gasteiger partial charge on any atom is 0.316 e. The summed E-state index contributed by atoms with van der Waals surface area (Å²) in [5.74, 6) is 0. The summed E-state index contributed by atoms with van der Waals surface area (Å²) in [4.78, 5) is 10.6. The predicted octanol–water partition coefficient (Wildman–Crippen LogP) is 2.64. The minimum Gasteiger partial charge on any atom is -0.385 e. The van der Waals surface area contributed by atoms with Gasteiger partial charge in [-0.3, -0.25) is 0 Å². The van der Waals surface area contributed by atoms with Crippen LogP contribution in [-0.2, 0) is 0 Å². The molecular formula is C12H19N3O. The van der Waals surface area contributed by atoms with Crippen LogP contribution in [0.4, 0.5) is 16.2 Å². The largest absolute Gasteiger partial charge is 0.385 e. The first-order valence-electron chi connectivity index (χ1n) is 5.27. The van der Waals surface area contributed by atoms with Crippen molar-refractivity contribution in [2.75, 3.05) is 17.2 Å². The number of hydrogen-bond acceptors (Lipinski definition) is 2. The van der Waals surface area contributed by atoms with Crippen LogP contribution >= 0.6 is 0 Å². The standard InChI is InChI=1S/C12H19N3O/c1-12(2,3)8-14-9-4-6-10(7-5-9)15-11(13)16/h4-7,14H,8H2,1-3H3,(H3,13,15,16). The monoisotopic (exact) mass is 221 g/mol. The number of primary amides is 1. The first-order valence-corrected chi connectivity index (χ1v) is 5.27. The molecule has 1 aromatic rings. The average molecular weight is 221 g/mol. The van der Waals surface area contributed by atoms with E-state index in [1.807, 2.05) is 24.3 Å². The lowest BCUT2D eigenvalue weighted by Gasteiger charge is -2.19. The smallest absolute Gasteiger partial charge is 0.316 e. The molecule has 0 unspecified atom stereocenters. The van der Waals surface area contributed by atoms with Gasteiger partial charge in [0.05, 0.1) is 0 Å². The molecule has 0 radical (unpaired) electrons. The normalized spacial score (nSPS) is 10.9. The zero-order valence-electron chi connectivity index (χ0n) is 10.0. The van der Waals surface area contributed by atoms with E-state index in [0.29, 0.717) is 5.69 Å². The van der Waals surface area contributed by atoms with Crippen molar-refractivity contribution in [3.05, 3.63) is 24.3 Å². The predicted molar refractivity (Wildman–Crippen MR) is 67.6 cm³/mol. The highest BCUT2D eigenvalue weighted by Crippen LogP contribution is 2.17. The molecule has 0 aliphatic heterocycles. The summed E-state index contributed by atoms with van der Waals surface area (Å²) in [6.07, 6.45) is 0. The Morgan fingerprint density at radius 3 is 2.12 bits per heavy atom. The van der Waals surface area contributed by atoms with E-state index in [-0.39, 0.29) is 5.41 Å². The van der Waals surface area contributed by atoms with Crippen molar-refractivity contribution in [3.8, 4) is 0 Å². The molecule has 0 atom stereocenters. The van der Waals surface area contributed by atoms with Gasteiger partial charge in [-0.2, -0.15) is 0 Å². The Kier molecular flexibility index (Phi) is 3.77. The second-order valence-corrected chi connectivity index (χ2v) is 4.98. The number of anilines is 2. The maximum absolute atomic E-state index is 10.6. The van der Waals surface area contributed by atoms with Gasteiger partial charge in [-0.25, -0.2) is 4.79 Å².